The second-order valence-electron chi connectivity index (χ2n) is 4.82. The molecule has 0 aliphatic carbocycles. The molecule has 1 fully saturated rings. The highest BCUT2D eigenvalue weighted by atomic mass is 16.5. The number of aryl methyl sites for hydroxylation is 1. The lowest BCUT2D eigenvalue weighted by atomic mass is 10.00. The van der Waals surface area contributed by atoms with E-state index >= 15 is 0 Å². The van der Waals surface area contributed by atoms with Crippen molar-refractivity contribution < 1.29 is 13.9 Å². The summed E-state index contributed by atoms with van der Waals surface area (Å²) in [5, 5.41) is 0. The Kier molecular flexibility index (Phi) is 4.42. The van der Waals surface area contributed by atoms with Gasteiger partial charge in [-0.15, -0.1) is 0 Å². The Balaban J connectivity index is 1.99. The molecule has 4 heteroatoms. The fraction of sp³-hybridized carbons (Fsp3) is 0.643. The van der Waals surface area contributed by atoms with Crippen LogP contribution in [-0.4, -0.2) is 31.1 Å². The second-order valence-corrected chi connectivity index (χ2v) is 4.82. The van der Waals surface area contributed by atoms with Crippen molar-refractivity contribution in [2.75, 3.05) is 20.2 Å². The van der Waals surface area contributed by atoms with E-state index in [-0.39, 0.29) is 5.97 Å². The van der Waals surface area contributed by atoms with Crippen LogP contribution < -0.4 is 0 Å². The van der Waals surface area contributed by atoms with Crippen molar-refractivity contribution in [3.05, 3.63) is 23.7 Å². The zero-order valence-corrected chi connectivity index (χ0v) is 11.1. The largest absolute Gasteiger partial charge is 0.469 e. The molecule has 0 bridgehead atoms. The summed E-state index contributed by atoms with van der Waals surface area (Å²) in [7, 11) is 1.44. The SMILES string of the molecule is COC(=O)CCN1CCCC[C@@H]1c1ccc(C)o1. The second kappa shape index (κ2) is 6.05. The highest BCUT2D eigenvalue weighted by molar-refractivity contribution is 5.69. The average Bonchev–Trinajstić information content (AvgIpc) is 2.83. The first-order chi connectivity index (χ1) is 8.70. The Morgan fingerprint density at radius 1 is 1.50 bits per heavy atom. The van der Waals surface area contributed by atoms with Crippen molar-refractivity contribution in [3.63, 3.8) is 0 Å². The van der Waals surface area contributed by atoms with E-state index in [2.05, 4.69) is 11.0 Å². The predicted octanol–water partition coefficient (Wildman–Crippen LogP) is 2.68. The number of likely N-dealkylation sites (tertiary alicyclic amines) is 1. The van der Waals surface area contributed by atoms with Crippen LogP contribution in [0.1, 0.15) is 43.2 Å². The quantitative estimate of drug-likeness (QED) is 0.772. The van der Waals surface area contributed by atoms with Gasteiger partial charge in [0.2, 0.25) is 0 Å². The van der Waals surface area contributed by atoms with Gasteiger partial charge < -0.3 is 9.15 Å². The maximum absolute atomic E-state index is 11.2. The highest BCUT2D eigenvalue weighted by Crippen LogP contribution is 2.31. The van der Waals surface area contributed by atoms with E-state index in [1.54, 1.807) is 0 Å². The molecular weight excluding hydrogens is 230 g/mol. The molecule has 1 aliphatic heterocycles. The van der Waals surface area contributed by atoms with E-state index in [0.717, 1.165) is 31.0 Å². The van der Waals surface area contributed by atoms with Crippen molar-refractivity contribution in [3.8, 4) is 0 Å². The number of methoxy groups -OCH3 is 1. The van der Waals surface area contributed by atoms with Crippen molar-refractivity contribution in [1.29, 1.82) is 0 Å². The van der Waals surface area contributed by atoms with Crippen molar-refractivity contribution in [2.24, 2.45) is 0 Å². The Bertz CT molecular complexity index is 399. The molecule has 1 aliphatic rings. The molecule has 0 amide bonds. The van der Waals surface area contributed by atoms with Gasteiger partial charge in [0.05, 0.1) is 19.6 Å². The normalized spacial score (nSPS) is 20.9. The van der Waals surface area contributed by atoms with Crippen LogP contribution in [0.25, 0.3) is 0 Å². The number of esters is 1. The molecule has 0 saturated carbocycles. The first-order valence-electron chi connectivity index (χ1n) is 6.58. The third-order valence-electron chi connectivity index (χ3n) is 3.53. The van der Waals surface area contributed by atoms with Crippen LogP contribution in [0.15, 0.2) is 16.5 Å². The van der Waals surface area contributed by atoms with Crippen LogP contribution in [-0.2, 0) is 9.53 Å². The van der Waals surface area contributed by atoms with Crippen molar-refractivity contribution >= 4 is 5.97 Å². The van der Waals surface area contributed by atoms with Gasteiger partial charge in [-0.1, -0.05) is 6.42 Å². The van der Waals surface area contributed by atoms with E-state index < -0.39 is 0 Å². The molecule has 2 rings (SSSR count). The molecule has 0 radical (unpaired) electrons. The Morgan fingerprint density at radius 3 is 3.00 bits per heavy atom. The molecule has 18 heavy (non-hydrogen) atoms. The summed E-state index contributed by atoms with van der Waals surface area (Å²) in [4.78, 5) is 13.6. The van der Waals surface area contributed by atoms with Gasteiger partial charge in [0.15, 0.2) is 0 Å². The lowest BCUT2D eigenvalue weighted by Gasteiger charge is -2.34. The number of carbonyl (C=O) groups excluding carboxylic acids is 1. The number of piperidine rings is 1. The fourth-order valence-electron chi connectivity index (χ4n) is 2.55. The maximum atomic E-state index is 11.2. The minimum Gasteiger partial charge on any atom is -0.469 e. The third kappa shape index (κ3) is 3.13. The summed E-state index contributed by atoms with van der Waals surface area (Å²) >= 11 is 0. The molecule has 0 N–H and O–H groups in total. The molecule has 0 aromatic carbocycles. The monoisotopic (exact) mass is 251 g/mol. The Hall–Kier alpha value is -1.29. The number of hydrogen-bond acceptors (Lipinski definition) is 4. The summed E-state index contributed by atoms with van der Waals surface area (Å²) in [6.07, 6.45) is 3.97. The minimum absolute atomic E-state index is 0.144. The van der Waals surface area contributed by atoms with Gasteiger partial charge in [0, 0.05) is 6.54 Å². The zero-order valence-electron chi connectivity index (χ0n) is 11.1. The lowest BCUT2D eigenvalue weighted by Crippen LogP contribution is -2.35. The summed E-state index contributed by atoms with van der Waals surface area (Å²) in [6.45, 7) is 3.74. The molecule has 1 aromatic rings. The molecular formula is C14H21NO3. The average molecular weight is 251 g/mol. The molecule has 4 nitrogen and oxygen atoms in total. The smallest absolute Gasteiger partial charge is 0.306 e. The summed E-state index contributed by atoms with van der Waals surface area (Å²) in [5.41, 5.74) is 0. The van der Waals surface area contributed by atoms with Crippen LogP contribution in [0, 0.1) is 6.92 Å². The van der Waals surface area contributed by atoms with Crippen LogP contribution in [0.5, 0.6) is 0 Å². The van der Waals surface area contributed by atoms with Crippen LogP contribution in [0.4, 0.5) is 0 Å². The first kappa shape index (κ1) is 13.1. The van der Waals surface area contributed by atoms with Crippen molar-refractivity contribution in [2.45, 2.75) is 38.6 Å². The third-order valence-corrected chi connectivity index (χ3v) is 3.53. The number of hydrogen-bond donors (Lipinski definition) is 0. The van der Waals surface area contributed by atoms with E-state index in [4.69, 9.17) is 9.15 Å². The van der Waals surface area contributed by atoms with Crippen LogP contribution >= 0.6 is 0 Å². The molecule has 1 saturated heterocycles. The highest BCUT2D eigenvalue weighted by Gasteiger charge is 2.26. The van der Waals surface area contributed by atoms with E-state index in [1.807, 2.05) is 13.0 Å². The number of ether oxygens (including phenoxy) is 1. The van der Waals surface area contributed by atoms with Gasteiger partial charge in [-0.2, -0.15) is 0 Å². The topological polar surface area (TPSA) is 42.7 Å². The lowest BCUT2D eigenvalue weighted by molar-refractivity contribution is -0.141. The van der Waals surface area contributed by atoms with Gasteiger partial charge >= 0.3 is 5.97 Å². The number of furan rings is 1. The Labute approximate surface area is 108 Å². The number of nitrogens with zero attached hydrogens (tertiary/aromatic N) is 1. The Morgan fingerprint density at radius 2 is 2.33 bits per heavy atom. The van der Waals surface area contributed by atoms with E-state index in [1.165, 1.54) is 20.0 Å². The van der Waals surface area contributed by atoms with Crippen LogP contribution in [0.2, 0.25) is 0 Å². The summed E-state index contributed by atoms with van der Waals surface area (Å²) < 4.78 is 10.4. The molecule has 1 atom stereocenters. The number of carbonyl (C=O) groups is 1. The zero-order chi connectivity index (χ0) is 13.0. The molecule has 100 valence electrons. The predicted molar refractivity (Wildman–Crippen MR) is 68.2 cm³/mol. The van der Waals surface area contributed by atoms with Gasteiger partial charge in [-0.3, -0.25) is 9.69 Å². The molecule has 2 heterocycles. The minimum atomic E-state index is -0.144. The van der Waals surface area contributed by atoms with Gasteiger partial charge in [-0.25, -0.2) is 0 Å². The molecule has 1 aromatic heterocycles. The standard InChI is InChI=1S/C14H21NO3/c1-11-6-7-13(18-11)12-5-3-4-9-15(12)10-8-14(16)17-2/h6-7,12H,3-5,8-10H2,1-2H3/t12-/m1/s1. The number of rotatable bonds is 4. The van der Waals surface area contributed by atoms with E-state index in [0.29, 0.717) is 12.5 Å². The first-order valence-corrected chi connectivity index (χ1v) is 6.58. The van der Waals surface area contributed by atoms with E-state index in [9.17, 15) is 4.79 Å². The molecule has 0 spiro atoms. The van der Waals surface area contributed by atoms with Gasteiger partial charge in [0.1, 0.15) is 11.5 Å². The van der Waals surface area contributed by atoms with Gasteiger partial charge in [0.25, 0.3) is 0 Å². The van der Waals surface area contributed by atoms with Crippen LogP contribution in [0.3, 0.4) is 0 Å². The summed E-state index contributed by atoms with van der Waals surface area (Å²) in [5.74, 6) is 1.83. The van der Waals surface area contributed by atoms with Crippen molar-refractivity contribution in [1.82, 2.24) is 4.90 Å². The maximum Gasteiger partial charge on any atom is 0.306 e. The van der Waals surface area contributed by atoms with Gasteiger partial charge in [-0.05, 0) is 38.4 Å². The molecule has 0 unspecified atom stereocenters. The fourth-order valence-corrected chi connectivity index (χ4v) is 2.55. The summed E-state index contributed by atoms with van der Waals surface area (Å²) in [6, 6.07) is 4.37.